The lowest BCUT2D eigenvalue weighted by Gasteiger charge is -2.29. The molecule has 0 fully saturated rings. The maximum absolute atomic E-state index is 3.66. The Morgan fingerprint density at radius 3 is 2.13 bits per heavy atom. The van der Waals surface area contributed by atoms with E-state index in [1.165, 1.54) is 38.9 Å². The number of hydrogen-bond donors (Lipinski definition) is 0. The Kier molecular flexibility index (Phi) is 3.24. The molecule has 3 aromatic carbocycles. The zero-order valence-corrected chi connectivity index (χ0v) is 15.2. The van der Waals surface area contributed by atoms with E-state index in [-0.39, 0.29) is 5.41 Å². The summed E-state index contributed by atoms with van der Waals surface area (Å²) in [5.41, 5.74) is 9.40. The molecule has 0 aliphatic heterocycles. The van der Waals surface area contributed by atoms with E-state index in [2.05, 4.69) is 97.4 Å². The summed E-state index contributed by atoms with van der Waals surface area (Å²) >= 11 is 3.66. The lowest BCUT2D eigenvalue weighted by atomic mass is 9.74. The van der Waals surface area contributed by atoms with Crippen molar-refractivity contribution >= 4 is 15.9 Å². The van der Waals surface area contributed by atoms with Gasteiger partial charge in [-0.2, -0.15) is 0 Å². The molecule has 1 aliphatic carbocycles. The molecule has 1 aliphatic rings. The number of aryl methyl sites for hydroxylation is 2. The predicted octanol–water partition coefficient (Wildman–Crippen LogP) is 6.40. The molecule has 114 valence electrons. The van der Waals surface area contributed by atoms with E-state index < -0.39 is 0 Å². The summed E-state index contributed by atoms with van der Waals surface area (Å²) in [6, 6.07) is 22.4. The van der Waals surface area contributed by atoms with Crippen molar-refractivity contribution in [3.8, 4) is 11.1 Å². The Morgan fingerprint density at radius 1 is 0.739 bits per heavy atom. The van der Waals surface area contributed by atoms with Crippen molar-refractivity contribution in [2.24, 2.45) is 0 Å². The van der Waals surface area contributed by atoms with Crippen LogP contribution < -0.4 is 0 Å². The minimum Gasteiger partial charge on any atom is -0.0617 e. The molecule has 0 N–H and O–H groups in total. The summed E-state index contributed by atoms with van der Waals surface area (Å²) in [6.45, 7) is 6.70. The molecule has 0 heterocycles. The quantitative estimate of drug-likeness (QED) is 0.469. The number of rotatable bonds is 1. The zero-order chi connectivity index (χ0) is 16.2. The van der Waals surface area contributed by atoms with E-state index in [1.54, 1.807) is 0 Å². The fourth-order valence-electron chi connectivity index (χ4n) is 3.88. The van der Waals surface area contributed by atoms with Crippen LogP contribution in [0.2, 0.25) is 0 Å². The van der Waals surface area contributed by atoms with Gasteiger partial charge in [-0.15, -0.1) is 0 Å². The van der Waals surface area contributed by atoms with E-state index in [0.29, 0.717) is 0 Å². The predicted molar refractivity (Wildman–Crippen MR) is 101 cm³/mol. The first-order chi connectivity index (χ1) is 11.0. The Morgan fingerprint density at radius 2 is 1.39 bits per heavy atom. The fourth-order valence-corrected chi connectivity index (χ4v) is 4.24. The summed E-state index contributed by atoms with van der Waals surface area (Å²) in [5, 5.41) is 0. The van der Waals surface area contributed by atoms with Gasteiger partial charge in [-0.25, -0.2) is 0 Å². The van der Waals surface area contributed by atoms with Gasteiger partial charge in [-0.05, 0) is 60.7 Å². The van der Waals surface area contributed by atoms with Crippen LogP contribution in [0.1, 0.15) is 34.7 Å². The molecular weight excluding hydrogens is 344 g/mol. The van der Waals surface area contributed by atoms with E-state index >= 15 is 0 Å². The second kappa shape index (κ2) is 5.07. The lowest BCUT2D eigenvalue weighted by molar-refractivity contribution is 0.712. The number of benzene rings is 3. The van der Waals surface area contributed by atoms with Crippen LogP contribution in [0.15, 0.2) is 65.1 Å². The van der Waals surface area contributed by atoms with Crippen LogP contribution in [0.5, 0.6) is 0 Å². The van der Waals surface area contributed by atoms with Crippen molar-refractivity contribution < 1.29 is 0 Å². The Hall–Kier alpha value is -1.86. The zero-order valence-electron chi connectivity index (χ0n) is 13.7. The third kappa shape index (κ3) is 2.10. The van der Waals surface area contributed by atoms with Crippen LogP contribution in [-0.4, -0.2) is 0 Å². The molecule has 23 heavy (non-hydrogen) atoms. The topological polar surface area (TPSA) is 0 Å². The molecule has 0 spiro atoms. The minimum atomic E-state index is -0.105. The summed E-state index contributed by atoms with van der Waals surface area (Å²) < 4.78 is 1.14. The second-order valence-corrected chi connectivity index (χ2v) is 7.65. The molecule has 0 radical (unpaired) electrons. The van der Waals surface area contributed by atoms with E-state index in [1.807, 2.05) is 0 Å². The van der Waals surface area contributed by atoms with Gasteiger partial charge in [-0.3, -0.25) is 0 Å². The molecule has 3 aromatic rings. The smallest absolute Gasteiger partial charge is 0.0436 e. The third-order valence-electron chi connectivity index (χ3n) is 5.12. The Bertz CT molecular complexity index is 870. The first kappa shape index (κ1) is 14.7. The fraction of sp³-hybridized carbons (Fsp3) is 0.182. The normalized spacial score (nSPS) is 18.6. The van der Waals surface area contributed by atoms with Crippen molar-refractivity contribution in [2.75, 3.05) is 0 Å². The van der Waals surface area contributed by atoms with Gasteiger partial charge in [-0.1, -0.05) is 75.6 Å². The van der Waals surface area contributed by atoms with Gasteiger partial charge in [0.1, 0.15) is 0 Å². The third-order valence-corrected chi connectivity index (χ3v) is 5.61. The van der Waals surface area contributed by atoms with Gasteiger partial charge in [0, 0.05) is 9.89 Å². The minimum absolute atomic E-state index is 0.105. The standard InChI is InChI=1S/C22H19Br/c1-14-5-4-6-16(11-14)22(3)20-12-15(2)7-9-18(20)19-10-8-17(23)13-21(19)22/h4-13H,1-3H3. The molecule has 0 amide bonds. The van der Waals surface area contributed by atoms with Gasteiger partial charge in [0.15, 0.2) is 0 Å². The number of halogens is 1. The highest BCUT2D eigenvalue weighted by atomic mass is 79.9. The van der Waals surface area contributed by atoms with Crippen molar-refractivity contribution in [1.29, 1.82) is 0 Å². The molecule has 1 heteroatoms. The van der Waals surface area contributed by atoms with E-state index in [9.17, 15) is 0 Å². The monoisotopic (exact) mass is 362 g/mol. The highest BCUT2D eigenvalue weighted by molar-refractivity contribution is 9.10. The van der Waals surface area contributed by atoms with Crippen LogP contribution in [-0.2, 0) is 5.41 Å². The van der Waals surface area contributed by atoms with Crippen LogP contribution in [0.4, 0.5) is 0 Å². The van der Waals surface area contributed by atoms with Crippen LogP contribution in [0.25, 0.3) is 11.1 Å². The highest BCUT2D eigenvalue weighted by Gasteiger charge is 2.40. The molecule has 1 unspecified atom stereocenters. The summed E-state index contributed by atoms with van der Waals surface area (Å²) in [5.74, 6) is 0. The molecule has 0 bridgehead atoms. The first-order valence-corrected chi connectivity index (χ1v) is 8.78. The molecule has 0 nitrogen and oxygen atoms in total. The van der Waals surface area contributed by atoms with Crippen molar-refractivity contribution in [3.63, 3.8) is 0 Å². The summed E-state index contributed by atoms with van der Waals surface area (Å²) in [4.78, 5) is 0. The van der Waals surface area contributed by atoms with Gasteiger partial charge >= 0.3 is 0 Å². The van der Waals surface area contributed by atoms with Crippen LogP contribution >= 0.6 is 15.9 Å². The lowest BCUT2D eigenvalue weighted by Crippen LogP contribution is -2.22. The van der Waals surface area contributed by atoms with E-state index in [0.717, 1.165) is 4.47 Å². The highest BCUT2D eigenvalue weighted by Crippen LogP contribution is 2.53. The average Bonchev–Trinajstić information content (AvgIpc) is 2.77. The first-order valence-electron chi connectivity index (χ1n) is 7.99. The van der Waals surface area contributed by atoms with Gasteiger partial charge in [0.2, 0.25) is 0 Å². The summed E-state index contributed by atoms with van der Waals surface area (Å²) in [6.07, 6.45) is 0. The molecule has 1 atom stereocenters. The Balaban J connectivity index is 2.10. The molecule has 0 saturated carbocycles. The second-order valence-electron chi connectivity index (χ2n) is 6.73. The molecule has 0 saturated heterocycles. The molecule has 4 rings (SSSR count). The van der Waals surface area contributed by atoms with Crippen LogP contribution in [0.3, 0.4) is 0 Å². The number of fused-ring (bicyclic) bond motifs is 3. The summed E-state index contributed by atoms with van der Waals surface area (Å²) in [7, 11) is 0. The average molecular weight is 363 g/mol. The molecular formula is C22H19Br. The van der Waals surface area contributed by atoms with Gasteiger partial charge < -0.3 is 0 Å². The number of hydrogen-bond acceptors (Lipinski definition) is 0. The van der Waals surface area contributed by atoms with E-state index in [4.69, 9.17) is 0 Å². The molecule has 0 aromatic heterocycles. The van der Waals surface area contributed by atoms with Crippen LogP contribution in [0, 0.1) is 13.8 Å². The van der Waals surface area contributed by atoms with Crippen molar-refractivity contribution in [2.45, 2.75) is 26.2 Å². The maximum atomic E-state index is 3.66. The maximum Gasteiger partial charge on any atom is 0.0436 e. The SMILES string of the molecule is Cc1cccc(C2(C)c3cc(C)ccc3-c3ccc(Br)cc32)c1. The largest absolute Gasteiger partial charge is 0.0617 e. The van der Waals surface area contributed by atoms with Gasteiger partial charge in [0.25, 0.3) is 0 Å². The van der Waals surface area contributed by atoms with Crippen molar-refractivity contribution in [1.82, 2.24) is 0 Å². The van der Waals surface area contributed by atoms with Crippen molar-refractivity contribution in [3.05, 3.63) is 93.0 Å². The Labute approximate surface area is 146 Å². The van der Waals surface area contributed by atoms with Gasteiger partial charge in [0.05, 0.1) is 0 Å².